The van der Waals surface area contributed by atoms with Crippen molar-refractivity contribution >= 4 is 0 Å². The summed E-state index contributed by atoms with van der Waals surface area (Å²) in [5.41, 5.74) is 9.67. The van der Waals surface area contributed by atoms with Crippen molar-refractivity contribution in [2.75, 3.05) is 0 Å². The van der Waals surface area contributed by atoms with Crippen LogP contribution < -0.4 is 0 Å². The highest BCUT2D eigenvalue weighted by molar-refractivity contribution is 5.28. The second-order valence-electron chi connectivity index (χ2n) is 5.19. The van der Waals surface area contributed by atoms with Crippen LogP contribution >= 0.6 is 0 Å². The number of nitrogens with zero attached hydrogens (tertiary/aromatic N) is 5. The van der Waals surface area contributed by atoms with Crippen molar-refractivity contribution in [3.8, 4) is 0 Å². The number of benzene rings is 1. The summed E-state index contributed by atoms with van der Waals surface area (Å²) in [5.74, 6) is 0.698. The molecule has 0 bridgehead atoms. The molecule has 6 nitrogen and oxygen atoms in total. The Morgan fingerprint density at radius 2 is 2.05 bits per heavy atom. The van der Waals surface area contributed by atoms with Gasteiger partial charge in [0.1, 0.15) is 5.82 Å². The molecule has 3 unspecified atom stereocenters. The first-order chi connectivity index (χ1) is 10.2. The van der Waals surface area contributed by atoms with Crippen LogP contribution in [0.2, 0.25) is 0 Å². The molecule has 0 radical (unpaired) electrons. The lowest BCUT2D eigenvalue weighted by atomic mass is 9.86. The molecule has 0 spiro atoms. The number of hydrogen-bond donors (Lipinski definition) is 0. The molecule has 1 aromatic heterocycles. The van der Waals surface area contributed by atoms with Crippen LogP contribution in [0.3, 0.4) is 0 Å². The zero-order valence-corrected chi connectivity index (χ0v) is 11.5. The molecule has 2 aromatic rings. The standard InChI is InChI=1S/C14H14FN5O/c1-8-17-19-14(21-8)11-6-7-12(18-20-16)13(11)9-2-4-10(15)5-3-9/h2-5,11-13H,6-7H2,1H3. The first-order valence-electron chi connectivity index (χ1n) is 6.78. The molecule has 1 aliphatic carbocycles. The smallest absolute Gasteiger partial charge is 0.220 e. The van der Waals surface area contributed by atoms with Crippen LogP contribution in [0.25, 0.3) is 10.4 Å². The lowest BCUT2D eigenvalue weighted by Gasteiger charge is -2.20. The molecule has 7 heteroatoms. The number of halogens is 1. The van der Waals surface area contributed by atoms with Gasteiger partial charge in [-0.1, -0.05) is 17.2 Å². The van der Waals surface area contributed by atoms with Gasteiger partial charge >= 0.3 is 0 Å². The second kappa shape index (κ2) is 5.54. The minimum atomic E-state index is -0.290. The van der Waals surface area contributed by atoms with E-state index >= 15 is 0 Å². The maximum absolute atomic E-state index is 13.1. The van der Waals surface area contributed by atoms with Gasteiger partial charge in [-0.25, -0.2) is 4.39 Å². The fraction of sp³-hybridized carbons (Fsp3) is 0.429. The molecule has 0 saturated heterocycles. The van der Waals surface area contributed by atoms with Gasteiger partial charge in [0, 0.05) is 29.7 Å². The first kappa shape index (κ1) is 13.6. The van der Waals surface area contributed by atoms with Gasteiger partial charge in [-0.15, -0.1) is 10.2 Å². The molecule has 3 rings (SSSR count). The monoisotopic (exact) mass is 287 g/mol. The van der Waals surface area contributed by atoms with Crippen molar-refractivity contribution in [2.24, 2.45) is 5.11 Å². The molecule has 21 heavy (non-hydrogen) atoms. The molecule has 108 valence electrons. The fourth-order valence-corrected chi connectivity index (χ4v) is 3.05. The summed E-state index contributed by atoms with van der Waals surface area (Å²) < 4.78 is 18.7. The van der Waals surface area contributed by atoms with Gasteiger partial charge in [-0.2, -0.15) is 0 Å². The Hall–Kier alpha value is -2.40. The summed E-state index contributed by atoms with van der Waals surface area (Å²) in [6.07, 6.45) is 1.55. The molecule has 1 aromatic carbocycles. The molecule has 1 heterocycles. The molecule has 1 aliphatic rings. The average Bonchev–Trinajstić information content (AvgIpc) is 3.07. The van der Waals surface area contributed by atoms with Gasteiger partial charge in [-0.05, 0) is 36.1 Å². The maximum atomic E-state index is 13.1. The summed E-state index contributed by atoms with van der Waals surface area (Å²) in [6.45, 7) is 1.74. The van der Waals surface area contributed by atoms with Gasteiger partial charge in [0.15, 0.2) is 0 Å². The Labute approximate surface area is 120 Å². The minimum absolute atomic E-state index is 0.00726. The summed E-state index contributed by atoms with van der Waals surface area (Å²) in [7, 11) is 0. The first-order valence-corrected chi connectivity index (χ1v) is 6.78. The Bertz CT molecular complexity index is 677. The van der Waals surface area contributed by atoms with Crippen molar-refractivity contribution in [3.63, 3.8) is 0 Å². The molecule has 3 atom stereocenters. The number of aromatic nitrogens is 2. The lowest BCUT2D eigenvalue weighted by molar-refractivity contribution is 0.407. The van der Waals surface area contributed by atoms with Crippen LogP contribution in [-0.4, -0.2) is 16.2 Å². The van der Waals surface area contributed by atoms with Gasteiger partial charge in [0.05, 0.1) is 0 Å². The highest BCUT2D eigenvalue weighted by Crippen LogP contribution is 2.47. The van der Waals surface area contributed by atoms with E-state index in [0.29, 0.717) is 11.8 Å². The number of rotatable bonds is 3. The average molecular weight is 287 g/mol. The van der Waals surface area contributed by atoms with Crippen LogP contribution in [0.15, 0.2) is 33.8 Å². The molecular formula is C14H14FN5O. The predicted molar refractivity (Wildman–Crippen MR) is 73.1 cm³/mol. The largest absolute Gasteiger partial charge is 0.425 e. The second-order valence-corrected chi connectivity index (χ2v) is 5.19. The Balaban J connectivity index is 1.99. The van der Waals surface area contributed by atoms with Crippen LogP contribution in [0.5, 0.6) is 0 Å². The van der Waals surface area contributed by atoms with Crippen LogP contribution in [0.4, 0.5) is 4.39 Å². The lowest BCUT2D eigenvalue weighted by Crippen LogP contribution is -2.14. The van der Waals surface area contributed by atoms with E-state index in [0.717, 1.165) is 18.4 Å². The number of azide groups is 1. The molecule has 1 saturated carbocycles. The Morgan fingerprint density at radius 3 is 2.67 bits per heavy atom. The van der Waals surface area contributed by atoms with E-state index in [2.05, 4.69) is 20.2 Å². The molecular weight excluding hydrogens is 273 g/mol. The van der Waals surface area contributed by atoms with E-state index in [9.17, 15) is 4.39 Å². The van der Waals surface area contributed by atoms with E-state index < -0.39 is 0 Å². The van der Waals surface area contributed by atoms with Gasteiger partial charge < -0.3 is 4.42 Å². The summed E-state index contributed by atoms with van der Waals surface area (Å²) in [5, 5.41) is 11.8. The van der Waals surface area contributed by atoms with Crippen molar-refractivity contribution in [2.45, 2.75) is 37.6 Å². The van der Waals surface area contributed by atoms with Crippen molar-refractivity contribution in [1.82, 2.24) is 10.2 Å². The maximum Gasteiger partial charge on any atom is 0.220 e. The Morgan fingerprint density at radius 1 is 1.29 bits per heavy atom. The van der Waals surface area contributed by atoms with Gasteiger partial charge in [-0.3, -0.25) is 0 Å². The summed E-state index contributed by atoms with van der Waals surface area (Å²) >= 11 is 0. The number of aryl methyl sites for hydroxylation is 1. The van der Waals surface area contributed by atoms with Crippen LogP contribution in [0.1, 0.15) is 42.0 Å². The summed E-state index contributed by atoms with van der Waals surface area (Å²) in [4.78, 5) is 2.93. The van der Waals surface area contributed by atoms with Crippen molar-refractivity contribution < 1.29 is 8.81 Å². The van der Waals surface area contributed by atoms with Gasteiger partial charge in [0.25, 0.3) is 0 Å². The van der Waals surface area contributed by atoms with Crippen molar-refractivity contribution in [1.29, 1.82) is 0 Å². The molecule has 0 amide bonds. The molecule has 0 aliphatic heterocycles. The third-order valence-electron chi connectivity index (χ3n) is 3.94. The van der Waals surface area contributed by atoms with E-state index in [1.54, 1.807) is 19.1 Å². The topological polar surface area (TPSA) is 87.7 Å². The minimum Gasteiger partial charge on any atom is -0.425 e. The molecule has 1 fully saturated rings. The fourth-order valence-electron chi connectivity index (χ4n) is 3.05. The zero-order chi connectivity index (χ0) is 14.8. The number of hydrogen-bond acceptors (Lipinski definition) is 4. The zero-order valence-electron chi connectivity index (χ0n) is 11.5. The van der Waals surface area contributed by atoms with E-state index in [1.165, 1.54) is 12.1 Å². The summed E-state index contributed by atoms with van der Waals surface area (Å²) in [6, 6.07) is 6.09. The van der Waals surface area contributed by atoms with Crippen molar-refractivity contribution in [3.05, 3.63) is 57.9 Å². The van der Waals surface area contributed by atoms with E-state index in [4.69, 9.17) is 9.95 Å². The highest BCUT2D eigenvalue weighted by Gasteiger charge is 2.40. The van der Waals surface area contributed by atoms with Crippen LogP contribution in [0, 0.1) is 12.7 Å². The highest BCUT2D eigenvalue weighted by atomic mass is 19.1. The normalized spacial score (nSPS) is 24.8. The van der Waals surface area contributed by atoms with E-state index in [-0.39, 0.29) is 23.7 Å². The SMILES string of the molecule is Cc1nnc(C2CCC(N=[N+]=[N-])C2c2ccc(F)cc2)o1. The van der Waals surface area contributed by atoms with E-state index in [1.807, 2.05) is 0 Å². The molecule has 0 N–H and O–H groups in total. The third kappa shape index (κ3) is 2.60. The third-order valence-corrected chi connectivity index (χ3v) is 3.94. The van der Waals surface area contributed by atoms with Crippen LogP contribution in [-0.2, 0) is 0 Å². The quantitative estimate of drug-likeness (QED) is 0.488. The van der Waals surface area contributed by atoms with Gasteiger partial charge in [0.2, 0.25) is 11.8 Å². The Kier molecular flexibility index (Phi) is 3.58. The predicted octanol–water partition coefficient (Wildman–Crippen LogP) is 3.86.